The largest absolute Gasteiger partial charge is 0.478 e. The van der Waals surface area contributed by atoms with Crippen LogP contribution in [0.5, 0.6) is 0 Å². The van der Waals surface area contributed by atoms with Gasteiger partial charge in [-0.15, -0.1) is 0 Å². The number of carboxylic acid groups (broad SMARTS) is 1. The monoisotopic (exact) mass is 375 g/mol. The smallest absolute Gasteiger partial charge is 0.337 e. The third kappa shape index (κ3) is 3.99. The van der Waals surface area contributed by atoms with Crippen LogP contribution in [-0.2, 0) is 15.9 Å². The number of aromatic nitrogens is 1. The van der Waals surface area contributed by atoms with Crippen LogP contribution in [0.25, 0.3) is 22.0 Å². The van der Waals surface area contributed by atoms with Crippen LogP contribution in [0, 0.1) is 11.6 Å². The first-order valence-corrected chi connectivity index (χ1v) is 8.41. The maximum absolute atomic E-state index is 14.9. The molecule has 0 aliphatic rings. The first-order valence-electron chi connectivity index (χ1n) is 8.41. The number of benzene rings is 2. The molecule has 0 aliphatic carbocycles. The summed E-state index contributed by atoms with van der Waals surface area (Å²) in [5.74, 6) is -2.92. The van der Waals surface area contributed by atoms with E-state index in [4.69, 9.17) is 9.47 Å². The van der Waals surface area contributed by atoms with Gasteiger partial charge in [0.2, 0.25) is 0 Å². The van der Waals surface area contributed by atoms with Crippen molar-refractivity contribution in [3.63, 3.8) is 0 Å². The van der Waals surface area contributed by atoms with Gasteiger partial charge in [-0.25, -0.2) is 13.6 Å². The summed E-state index contributed by atoms with van der Waals surface area (Å²) in [5, 5.41) is 9.07. The normalized spacial score (nSPS) is 11.2. The highest BCUT2D eigenvalue weighted by atomic mass is 19.1. The zero-order chi connectivity index (χ0) is 19.4. The summed E-state index contributed by atoms with van der Waals surface area (Å²) in [4.78, 5) is 13.9. The second kappa shape index (κ2) is 8.28. The molecular weight excluding hydrogens is 356 g/mol. The fraction of sp³-hybridized carbons (Fsp3) is 0.250. The molecule has 0 amide bonds. The third-order valence-electron chi connectivity index (χ3n) is 4.30. The van der Waals surface area contributed by atoms with Gasteiger partial charge in [0.05, 0.1) is 41.9 Å². The number of H-pyrrole nitrogens is 1. The molecule has 27 heavy (non-hydrogen) atoms. The molecule has 2 N–H and O–H groups in total. The van der Waals surface area contributed by atoms with Gasteiger partial charge in [-0.2, -0.15) is 0 Å². The zero-order valence-electron chi connectivity index (χ0n) is 14.7. The predicted molar refractivity (Wildman–Crippen MR) is 97.0 cm³/mol. The molecule has 0 bridgehead atoms. The Balaban J connectivity index is 1.86. The standard InChI is InChI=1S/C20H19F2NO4/c1-26-8-9-27-7-6-12-2-4-13(5-3-12)17-15(21)10-16-18(19(17)22)14(11-23-16)20(24)25/h2-5,10-11,23H,6-9H2,1H3,(H,24,25). The Bertz CT molecular complexity index is 951. The third-order valence-corrected chi connectivity index (χ3v) is 4.30. The van der Waals surface area contributed by atoms with Crippen molar-refractivity contribution in [3.8, 4) is 11.1 Å². The van der Waals surface area contributed by atoms with Gasteiger partial charge in [0.25, 0.3) is 0 Å². The molecular formula is C20H19F2NO4. The van der Waals surface area contributed by atoms with Crippen molar-refractivity contribution in [3.05, 3.63) is 59.3 Å². The molecule has 2 aromatic carbocycles. The van der Waals surface area contributed by atoms with Crippen molar-refractivity contribution in [1.29, 1.82) is 0 Å². The van der Waals surface area contributed by atoms with E-state index < -0.39 is 17.6 Å². The Morgan fingerprint density at radius 1 is 1.15 bits per heavy atom. The van der Waals surface area contributed by atoms with Crippen LogP contribution >= 0.6 is 0 Å². The van der Waals surface area contributed by atoms with Crippen molar-refractivity contribution in [2.75, 3.05) is 26.9 Å². The lowest BCUT2D eigenvalue weighted by atomic mass is 9.99. The molecule has 0 fully saturated rings. The molecule has 0 radical (unpaired) electrons. The van der Waals surface area contributed by atoms with Gasteiger partial charge >= 0.3 is 5.97 Å². The molecule has 0 saturated carbocycles. The highest BCUT2D eigenvalue weighted by molar-refractivity contribution is 6.04. The Hall–Kier alpha value is -2.77. The van der Waals surface area contributed by atoms with Gasteiger partial charge < -0.3 is 19.6 Å². The van der Waals surface area contributed by atoms with Crippen LogP contribution < -0.4 is 0 Å². The number of hydrogen-bond acceptors (Lipinski definition) is 3. The fourth-order valence-electron chi connectivity index (χ4n) is 2.92. The van der Waals surface area contributed by atoms with E-state index in [1.54, 1.807) is 31.4 Å². The second-order valence-corrected chi connectivity index (χ2v) is 6.03. The van der Waals surface area contributed by atoms with Crippen molar-refractivity contribution in [2.24, 2.45) is 0 Å². The minimum Gasteiger partial charge on any atom is -0.478 e. The van der Waals surface area contributed by atoms with Gasteiger partial charge in [0.1, 0.15) is 11.6 Å². The SMILES string of the molecule is COCCOCCc1ccc(-c2c(F)cc3[nH]cc(C(=O)O)c3c2F)cc1. The first kappa shape index (κ1) is 19.0. The van der Waals surface area contributed by atoms with E-state index in [0.29, 0.717) is 31.8 Å². The highest BCUT2D eigenvalue weighted by Gasteiger charge is 2.21. The summed E-state index contributed by atoms with van der Waals surface area (Å²) in [7, 11) is 1.60. The number of aromatic amines is 1. The van der Waals surface area contributed by atoms with E-state index in [9.17, 15) is 18.7 Å². The number of methoxy groups -OCH3 is 1. The molecule has 0 saturated heterocycles. The Kier molecular flexibility index (Phi) is 5.83. The molecule has 0 unspecified atom stereocenters. The van der Waals surface area contributed by atoms with Crippen LogP contribution in [-0.4, -0.2) is 43.0 Å². The average molecular weight is 375 g/mol. The summed E-state index contributed by atoms with van der Waals surface area (Å²) < 4.78 is 39.7. The number of carboxylic acids is 1. The van der Waals surface area contributed by atoms with E-state index in [-0.39, 0.29) is 22.0 Å². The molecule has 0 atom stereocenters. The van der Waals surface area contributed by atoms with Crippen LogP contribution in [0.4, 0.5) is 8.78 Å². The van der Waals surface area contributed by atoms with E-state index in [1.165, 1.54) is 0 Å². The number of ether oxygens (including phenoxy) is 2. The summed E-state index contributed by atoms with van der Waals surface area (Å²) in [6.45, 7) is 1.55. The second-order valence-electron chi connectivity index (χ2n) is 6.03. The maximum Gasteiger partial charge on any atom is 0.337 e. The quantitative estimate of drug-likeness (QED) is 0.584. The van der Waals surface area contributed by atoms with Crippen LogP contribution in [0.2, 0.25) is 0 Å². The lowest BCUT2D eigenvalue weighted by molar-refractivity contribution is 0.0698. The average Bonchev–Trinajstić information content (AvgIpc) is 3.07. The number of fused-ring (bicyclic) bond motifs is 1. The van der Waals surface area contributed by atoms with Crippen molar-refractivity contribution < 1.29 is 28.2 Å². The van der Waals surface area contributed by atoms with Crippen LogP contribution in [0.15, 0.2) is 36.5 Å². The van der Waals surface area contributed by atoms with Gasteiger partial charge in [-0.05, 0) is 23.6 Å². The topological polar surface area (TPSA) is 71.5 Å². The number of rotatable bonds is 8. The molecule has 1 heterocycles. The molecule has 7 heteroatoms. The minimum atomic E-state index is -1.28. The number of carbonyl (C=O) groups is 1. The summed E-state index contributed by atoms with van der Waals surface area (Å²) in [6.07, 6.45) is 1.82. The molecule has 0 aliphatic heterocycles. The lowest BCUT2D eigenvalue weighted by Crippen LogP contribution is -2.05. The first-order chi connectivity index (χ1) is 13.0. The molecule has 3 rings (SSSR count). The van der Waals surface area contributed by atoms with Gasteiger partial charge in [0, 0.05) is 13.3 Å². The summed E-state index contributed by atoms with van der Waals surface area (Å²) in [5.41, 5.74) is 0.941. The minimum absolute atomic E-state index is 0.107. The van der Waals surface area contributed by atoms with Crippen molar-refractivity contribution in [2.45, 2.75) is 6.42 Å². The Morgan fingerprint density at radius 2 is 1.89 bits per heavy atom. The van der Waals surface area contributed by atoms with E-state index in [1.807, 2.05) is 0 Å². The van der Waals surface area contributed by atoms with Crippen LogP contribution in [0.1, 0.15) is 15.9 Å². The van der Waals surface area contributed by atoms with Gasteiger partial charge in [-0.3, -0.25) is 0 Å². The van der Waals surface area contributed by atoms with E-state index >= 15 is 0 Å². The molecule has 0 spiro atoms. The zero-order valence-corrected chi connectivity index (χ0v) is 14.7. The van der Waals surface area contributed by atoms with Gasteiger partial charge in [0.15, 0.2) is 0 Å². The van der Waals surface area contributed by atoms with Crippen LogP contribution in [0.3, 0.4) is 0 Å². The summed E-state index contributed by atoms with van der Waals surface area (Å²) >= 11 is 0. The Morgan fingerprint density at radius 3 is 2.56 bits per heavy atom. The number of nitrogens with one attached hydrogen (secondary N) is 1. The van der Waals surface area contributed by atoms with E-state index in [2.05, 4.69) is 4.98 Å². The maximum atomic E-state index is 14.9. The lowest BCUT2D eigenvalue weighted by Gasteiger charge is -2.09. The molecule has 142 valence electrons. The predicted octanol–water partition coefficient (Wildman–Crippen LogP) is 4.02. The fourth-order valence-corrected chi connectivity index (χ4v) is 2.92. The Labute approximate surface area is 154 Å². The molecule has 3 aromatic rings. The van der Waals surface area contributed by atoms with E-state index in [0.717, 1.165) is 17.8 Å². The number of aromatic carboxylic acids is 1. The molecule has 1 aromatic heterocycles. The highest BCUT2D eigenvalue weighted by Crippen LogP contribution is 2.33. The van der Waals surface area contributed by atoms with Gasteiger partial charge in [-0.1, -0.05) is 24.3 Å². The molecule has 5 nitrogen and oxygen atoms in total. The summed E-state index contributed by atoms with van der Waals surface area (Å²) in [6, 6.07) is 7.88. The van der Waals surface area contributed by atoms with Crippen molar-refractivity contribution >= 4 is 16.9 Å². The van der Waals surface area contributed by atoms with Crippen molar-refractivity contribution in [1.82, 2.24) is 4.98 Å². The number of halogens is 2. The number of hydrogen-bond donors (Lipinski definition) is 2.